The molecule has 2 atom stereocenters. The van der Waals surface area contributed by atoms with Gasteiger partial charge in [0.1, 0.15) is 11.1 Å². The molecule has 4 rings (SSSR count). The van der Waals surface area contributed by atoms with E-state index in [-0.39, 0.29) is 17.4 Å². The molecule has 3 aromatic rings. The van der Waals surface area contributed by atoms with E-state index in [1.165, 1.54) is 22.3 Å². The van der Waals surface area contributed by atoms with Crippen LogP contribution in [0, 0.1) is 5.92 Å². The summed E-state index contributed by atoms with van der Waals surface area (Å²) in [5, 5.41) is 5.55. The van der Waals surface area contributed by atoms with Gasteiger partial charge < -0.3 is 4.57 Å². The number of alkyl halides is 1. The van der Waals surface area contributed by atoms with Crippen molar-refractivity contribution in [3.05, 3.63) is 30.9 Å². The van der Waals surface area contributed by atoms with Gasteiger partial charge in [-0.3, -0.25) is 4.68 Å². The molecule has 8 nitrogen and oxygen atoms in total. The summed E-state index contributed by atoms with van der Waals surface area (Å²) in [6.45, 7) is 0.152. The lowest BCUT2D eigenvalue weighted by molar-refractivity contribution is 0.146. The van der Waals surface area contributed by atoms with Crippen molar-refractivity contribution in [1.82, 2.24) is 28.6 Å². The molecule has 3 aromatic heterocycles. The highest BCUT2D eigenvalue weighted by molar-refractivity contribution is 7.99. The maximum Gasteiger partial charge on any atom is 0.244 e. The van der Waals surface area contributed by atoms with Crippen molar-refractivity contribution in [3.63, 3.8) is 0 Å². The van der Waals surface area contributed by atoms with E-state index >= 15 is 0 Å². The fourth-order valence-electron chi connectivity index (χ4n) is 3.32. The predicted octanol–water partition coefficient (Wildman–Crippen LogP) is 1.84. The van der Waals surface area contributed by atoms with Crippen LogP contribution >= 0.6 is 11.8 Å². The maximum absolute atomic E-state index is 14.8. The number of fused-ring (bicyclic) bond motifs is 1. The number of imidazole rings is 1. The number of pyridine rings is 1. The van der Waals surface area contributed by atoms with Crippen molar-refractivity contribution >= 4 is 32.8 Å². The summed E-state index contributed by atoms with van der Waals surface area (Å²) in [7, 11) is -0.160. The largest absolute Gasteiger partial charge is 0.329 e. The molecule has 0 radical (unpaired) electrons. The second-order valence-corrected chi connectivity index (χ2v) is 9.84. The van der Waals surface area contributed by atoms with E-state index in [1.807, 2.05) is 17.8 Å². The number of hydrogen-bond acceptors (Lipinski definition) is 6. The Kier molecular flexibility index (Phi) is 5.15. The van der Waals surface area contributed by atoms with Gasteiger partial charge in [-0.15, -0.1) is 0 Å². The van der Waals surface area contributed by atoms with Gasteiger partial charge in [0, 0.05) is 62.8 Å². The molecule has 1 aliphatic rings. The third-order valence-corrected chi connectivity index (χ3v) is 8.10. The fourth-order valence-corrected chi connectivity index (χ4v) is 5.90. The number of sulfonamides is 1. The number of hydrogen-bond donors (Lipinski definition) is 0. The number of rotatable bonds is 5. The van der Waals surface area contributed by atoms with Crippen molar-refractivity contribution < 1.29 is 12.8 Å². The maximum atomic E-state index is 14.8. The van der Waals surface area contributed by atoms with Crippen molar-refractivity contribution in [2.24, 2.45) is 20.0 Å². The first-order valence-electron chi connectivity index (χ1n) is 8.88. The number of piperidine rings is 1. The normalized spacial score (nSPS) is 21.4. The highest BCUT2D eigenvalue weighted by Gasteiger charge is 2.36. The summed E-state index contributed by atoms with van der Waals surface area (Å²) in [6, 6.07) is 1.54. The van der Waals surface area contributed by atoms with E-state index in [4.69, 9.17) is 0 Å². The van der Waals surface area contributed by atoms with Gasteiger partial charge in [0.05, 0.1) is 6.20 Å². The first kappa shape index (κ1) is 19.3. The second-order valence-electron chi connectivity index (χ2n) is 6.91. The minimum atomic E-state index is -3.79. The average molecular weight is 425 g/mol. The van der Waals surface area contributed by atoms with Crippen LogP contribution < -0.4 is 0 Å². The third kappa shape index (κ3) is 3.53. The van der Waals surface area contributed by atoms with E-state index in [0.717, 1.165) is 5.16 Å². The van der Waals surface area contributed by atoms with Gasteiger partial charge in [-0.1, -0.05) is 11.8 Å². The second kappa shape index (κ2) is 7.45. The van der Waals surface area contributed by atoms with Crippen molar-refractivity contribution in [2.45, 2.75) is 22.6 Å². The Morgan fingerprint density at radius 1 is 1.29 bits per heavy atom. The van der Waals surface area contributed by atoms with E-state index in [2.05, 4.69) is 15.1 Å². The van der Waals surface area contributed by atoms with Crippen LogP contribution in [0.5, 0.6) is 0 Å². The zero-order valence-corrected chi connectivity index (χ0v) is 17.2. The topological polar surface area (TPSA) is 85.9 Å². The molecule has 2 unspecified atom stereocenters. The average Bonchev–Trinajstić information content (AvgIpc) is 3.26. The molecule has 0 aliphatic carbocycles. The van der Waals surface area contributed by atoms with E-state index in [1.54, 1.807) is 30.2 Å². The summed E-state index contributed by atoms with van der Waals surface area (Å²) < 4.78 is 45.3. The van der Waals surface area contributed by atoms with Gasteiger partial charge >= 0.3 is 0 Å². The monoisotopic (exact) mass is 424 g/mol. The zero-order chi connectivity index (χ0) is 19.9. The van der Waals surface area contributed by atoms with Crippen LogP contribution in [0.25, 0.3) is 11.0 Å². The molecule has 150 valence electrons. The molecule has 0 spiro atoms. The fraction of sp³-hybridized carbons (Fsp3) is 0.471. The van der Waals surface area contributed by atoms with Crippen LogP contribution in [0.1, 0.15) is 6.42 Å². The summed E-state index contributed by atoms with van der Waals surface area (Å²) in [4.78, 5) is 8.49. The number of nitrogens with zero attached hydrogens (tertiary/aromatic N) is 6. The Morgan fingerprint density at radius 3 is 2.82 bits per heavy atom. The Labute approximate surface area is 166 Å². The van der Waals surface area contributed by atoms with E-state index < -0.39 is 16.2 Å². The Hall–Kier alpha value is -1.98. The minimum absolute atomic E-state index is 0.0704. The third-order valence-electron chi connectivity index (χ3n) is 5.03. The molecule has 11 heteroatoms. The van der Waals surface area contributed by atoms with E-state index in [9.17, 15) is 12.8 Å². The number of thioether (sulfide) groups is 1. The molecule has 0 N–H and O–H groups in total. The van der Waals surface area contributed by atoms with Gasteiger partial charge in [0.25, 0.3) is 0 Å². The molecule has 4 heterocycles. The summed E-state index contributed by atoms with van der Waals surface area (Å²) >= 11 is 1.50. The predicted molar refractivity (Wildman–Crippen MR) is 104 cm³/mol. The smallest absolute Gasteiger partial charge is 0.244 e. The van der Waals surface area contributed by atoms with Gasteiger partial charge in [0.2, 0.25) is 10.0 Å². The molecule has 1 aliphatic heterocycles. The minimum Gasteiger partial charge on any atom is -0.329 e. The van der Waals surface area contributed by atoms with Crippen molar-refractivity contribution in [3.8, 4) is 0 Å². The lowest BCUT2D eigenvalue weighted by Gasteiger charge is -2.33. The van der Waals surface area contributed by atoms with Gasteiger partial charge in [-0.25, -0.2) is 22.8 Å². The Balaban J connectivity index is 1.45. The number of halogens is 1. The Morgan fingerprint density at radius 2 is 2.11 bits per heavy atom. The van der Waals surface area contributed by atoms with Crippen LogP contribution in [0.2, 0.25) is 0 Å². The zero-order valence-electron chi connectivity index (χ0n) is 15.6. The molecular formula is C17H21FN6O2S2. The highest BCUT2D eigenvalue weighted by atomic mass is 32.2. The molecular weight excluding hydrogens is 403 g/mol. The van der Waals surface area contributed by atoms with Crippen molar-refractivity contribution in [2.75, 3.05) is 18.8 Å². The highest BCUT2D eigenvalue weighted by Crippen LogP contribution is 2.30. The molecule has 1 saturated heterocycles. The SMILES string of the molecule is Cn1ccnc1SCC1CCN(S(=O)(=O)c2cnc3c(cnn3C)c2)CC1F. The van der Waals surface area contributed by atoms with Crippen LogP contribution in [-0.4, -0.2) is 62.1 Å². The lowest BCUT2D eigenvalue weighted by Crippen LogP contribution is -2.45. The standard InChI is InChI=1S/C17H21FN6O2S2/c1-22-6-4-19-17(22)27-11-12-3-5-24(10-15(12)18)28(25,26)14-7-13-8-21-23(2)16(13)20-9-14/h4,6-9,12,15H,3,5,10-11H2,1-2H3. The van der Waals surface area contributed by atoms with Crippen LogP contribution in [0.3, 0.4) is 0 Å². The Bertz CT molecular complexity index is 1100. The molecule has 28 heavy (non-hydrogen) atoms. The molecule has 0 saturated carbocycles. The number of aromatic nitrogens is 5. The van der Waals surface area contributed by atoms with Crippen LogP contribution in [0.4, 0.5) is 4.39 Å². The molecule has 0 amide bonds. The van der Waals surface area contributed by atoms with Crippen LogP contribution in [0.15, 0.2) is 40.9 Å². The quantitative estimate of drug-likeness (QED) is 0.581. The van der Waals surface area contributed by atoms with Crippen molar-refractivity contribution in [1.29, 1.82) is 0 Å². The van der Waals surface area contributed by atoms with Gasteiger partial charge in [-0.05, 0) is 12.5 Å². The summed E-state index contributed by atoms with van der Waals surface area (Å²) in [5.41, 5.74) is 0.604. The molecule has 0 bridgehead atoms. The lowest BCUT2D eigenvalue weighted by atomic mass is 9.98. The summed E-state index contributed by atoms with van der Waals surface area (Å²) in [5.74, 6) is 0.371. The first-order valence-corrected chi connectivity index (χ1v) is 11.3. The molecule has 0 aromatic carbocycles. The summed E-state index contributed by atoms with van der Waals surface area (Å²) in [6.07, 6.45) is 5.69. The van der Waals surface area contributed by atoms with Gasteiger partial charge in [0.15, 0.2) is 10.8 Å². The van der Waals surface area contributed by atoms with Gasteiger partial charge in [-0.2, -0.15) is 9.40 Å². The first-order chi connectivity index (χ1) is 13.4. The van der Waals surface area contributed by atoms with E-state index in [0.29, 0.717) is 29.8 Å². The molecule has 1 fully saturated rings. The number of aryl methyl sites for hydroxylation is 2. The van der Waals surface area contributed by atoms with Crippen LogP contribution in [-0.2, 0) is 24.1 Å².